The maximum absolute atomic E-state index is 12.9. The van der Waals surface area contributed by atoms with Crippen LogP contribution in [-0.2, 0) is 22.3 Å². The van der Waals surface area contributed by atoms with Crippen molar-refractivity contribution in [3.8, 4) is 0 Å². The molecule has 0 aliphatic carbocycles. The van der Waals surface area contributed by atoms with Crippen LogP contribution in [0.5, 0.6) is 0 Å². The van der Waals surface area contributed by atoms with Crippen LogP contribution in [0.25, 0.3) is 0 Å². The molecule has 0 unspecified atom stereocenters. The minimum absolute atomic E-state index is 0.354. The van der Waals surface area contributed by atoms with Crippen molar-refractivity contribution in [2.24, 2.45) is 0 Å². The predicted octanol–water partition coefficient (Wildman–Crippen LogP) is 4.58. The maximum Gasteiger partial charge on any atom is 0.460 e. The van der Waals surface area contributed by atoms with E-state index in [4.69, 9.17) is 0 Å². The molecule has 0 aromatic heterocycles. The van der Waals surface area contributed by atoms with Gasteiger partial charge in [0, 0.05) is 0 Å². The number of hydrogen-bond donors (Lipinski definition) is 0. The van der Waals surface area contributed by atoms with E-state index in [0.29, 0.717) is 12.1 Å². The van der Waals surface area contributed by atoms with Gasteiger partial charge in [-0.25, -0.2) is 4.79 Å². The second-order valence-corrected chi connectivity index (χ2v) is 4.42. The molecular weight excluding hydrogens is 366 g/mol. The van der Waals surface area contributed by atoms with E-state index in [-0.39, 0.29) is 0 Å². The number of benzene rings is 1. The molecule has 1 rings (SSSR count). The molecule has 0 aliphatic rings. The van der Waals surface area contributed by atoms with Crippen LogP contribution in [0.4, 0.5) is 43.9 Å². The molecule has 0 saturated carbocycles. The fourth-order valence-electron chi connectivity index (χ4n) is 1.38. The highest BCUT2D eigenvalue weighted by Gasteiger charge is 2.77. The summed E-state index contributed by atoms with van der Waals surface area (Å²) in [7, 11) is 0. The molecule has 0 fully saturated rings. The van der Waals surface area contributed by atoms with Gasteiger partial charge in [-0.2, -0.15) is 43.9 Å². The summed E-state index contributed by atoms with van der Waals surface area (Å²) in [6, 6.07) is 2.60. The molecule has 0 aliphatic heterocycles. The molecule has 12 heteroatoms. The van der Waals surface area contributed by atoms with Gasteiger partial charge in [-0.05, 0) is 17.7 Å². The molecule has 24 heavy (non-hydrogen) atoms. The van der Waals surface area contributed by atoms with Crippen molar-refractivity contribution < 1.29 is 53.4 Å². The molecule has 0 heterocycles. The Morgan fingerprint density at radius 1 is 0.917 bits per heavy atom. The van der Waals surface area contributed by atoms with Crippen molar-refractivity contribution in [1.82, 2.24) is 0 Å². The van der Waals surface area contributed by atoms with Crippen LogP contribution in [0.1, 0.15) is 11.1 Å². The van der Waals surface area contributed by atoms with Crippen molar-refractivity contribution in [2.45, 2.75) is 30.8 Å². The predicted molar refractivity (Wildman–Crippen MR) is 57.2 cm³/mol. The van der Waals surface area contributed by atoms with E-state index in [0.717, 1.165) is 12.1 Å². The summed E-state index contributed by atoms with van der Waals surface area (Å²) in [6.45, 7) is -1.35. The zero-order valence-corrected chi connectivity index (χ0v) is 11.1. The summed E-state index contributed by atoms with van der Waals surface area (Å²) in [6.07, 6.45) is -11.6. The van der Waals surface area contributed by atoms with Gasteiger partial charge in [0.2, 0.25) is 0 Å². The smallest absolute Gasteiger partial charge is 0.456 e. The molecule has 0 atom stereocenters. The van der Waals surface area contributed by atoms with Gasteiger partial charge in [0.1, 0.15) is 6.61 Å². The number of ether oxygens (including phenoxy) is 1. The summed E-state index contributed by atoms with van der Waals surface area (Å²) in [4.78, 5) is 10.8. The van der Waals surface area contributed by atoms with Crippen molar-refractivity contribution >= 4 is 5.97 Å². The van der Waals surface area contributed by atoms with E-state index in [1.54, 1.807) is 0 Å². The molecular formula is C12H6F10O2. The van der Waals surface area contributed by atoms with Gasteiger partial charge in [0.25, 0.3) is 0 Å². The lowest BCUT2D eigenvalue weighted by molar-refractivity contribution is -0.348. The Bertz CT molecular complexity index is 603. The van der Waals surface area contributed by atoms with Crippen LogP contribution in [0, 0.1) is 0 Å². The van der Waals surface area contributed by atoms with Crippen LogP contribution in [0.3, 0.4) is 0 Å². The van der Waals surface area contributed by atoms with Crippen molar-refractivity contribution in [1.29, 1.82) is 0 Å². The zero-order valence-electron chi connectivity index (χ0n) is 11.1. The Labute approximate surface area is 127 Å². The first-order chi connectivity index (χ1) is 10.6. The Morgan fingerprint density at radius 2 is 1.46 bits per heavy atom. The normalized spacial score (nSPS) is 13.8. The second kappa shape index (κ2) is 6.13. The van der Waals surface area contributed by atoms with Crippen molar-refractivity contribution in [3.63, 3.8) is 0 Å². The number of rotatable bonds is 4. The molecule has 1 aromatic carbocycles. The molecule has 0 spiro atoms. The van der Waals surface area contributed by atoms with Crippen molar-refractivity contribution in [3.05, 3.63) is 35.4 Å². The van der Waals surface area contributed by atoms with Crippen LogP contribution in [0.15, 0.2) is 24.3 Å². The maximum atomic E-state index is 12.9. The monoisotopic (exact) mass is 372 g/mol. The lowest BCUT2D eigenvalue weighted by Gasteiger charge is -2.26. The van der Waals surface area contributed by atoms with Gasteiger partial charge in [-0.1, -0.05) is 12.1 Å². The molecule has 136 valence electrons. The molecule has 0 amide bonds. The third kappa shape index (κ3) is 3.90. The molecule has 0 saturated heterocycles. The van der Waals surface area contributed by atoms with E-state index in [1.807, 2.05) is 0 Å². The molecule has 0 bridgehead atoms. The van der Waals surface area contributed by atoms with E-state index in [1.165, 1.54) is 0 Å². The third-order valence-corrected chi connectivity index (χ3v) is 2.63. The third-order valence-electron chi connectivity index (χ3n) is 2.63. The van der Waals surface area contributed by atoms with Gasteiger partial charge < -0.3 is 4.74 Å². The molecule has 0 radical (unpaired) electrons. The van der Waals surface area contributed by atoms with Crippen LogP contribution >= 0.6 is 0 Å². The van der Waals surface area contributed by atoms with Gasteiger partial charge in [-0.15, -0.1) is 0 Å². The average Bonchev–Trinajstić information content (AvgIpc) is 2.42. The van der Waals surface area contributed by atoms with E-state index in [9.17, 15) is 48.7 Å². The van der Waals surface area contributed by atoms with Crippen LogP contribution in [0.2, 0.25) is 0 Å². The minimum atomic E-state index is -6.73. The minimum Gasteiger partial charge on any atom is -0.456 e. The quantitative estimate of drug-likeness (QED) is 0.571. The number of hydrogen-bond acceptors (Lipinski definition) is 2. The Balaban J connectivity index is 2.90. The molecule has 2 nitrogen and oxygen atoms in total. The fourth-order valence-corrected chi connectivity index (χ4v) is 1.38. The second-order valence-electron chi connectivity index (χ2n) is 4.42. The Morgan fingerprint density at radius 3 is 1.92 bits per heavy atom. The van der Waals surface area contributed by atoms with Crippen LogP contribution < -0.4 is 0 Å². The number of carbonyl (C=O) groups excluding carboxylic acids is 1. The summed E-state index contributed by atoms with van der Waals surface area (Å²) in [5, 5.41) is 0. The lowest BCUT2D eigenvalue weighted by Crippen LogP contribution is -2.56. The summed E-state index contributed by atoms with van der Waals surface area (Å²) >= 11 is 0. The van der Waals surface area contributed by atoms with E-state index < -0.39 is 47.9 Å². The highest BCUT2D eigenvalue weighted by molar-refractivity contribution is 5.79. The average molecular weight is 372 g/mol. The standard InChI is InChI=1S/C12H6F10O2/c13-9(14,11(18,19)12(20,21)22)8(23)24-5-6-2-1-3-7(4-6)10(15,16)17/h1-4H,5H2. The number of halogens is 10. The van der Waals surface area contributed by atoms with E-state index in [2.05, 4.69) is 4.74 Å². The number of alkyl halides is 10. The first-order valence-corrected chi connectivity index (χ1v) is 5.76. The fraction of sp³-hybridized carbons (Fsp3) is 0.417. The molecule has 1 aromatic rings. The Kier molecular flexibility index (Phi) is 5.12. The topological polar surface area (TPSA) is 26.3 Å². The van der Waals surface area contributed by atoms with Crippen LogP contribution in [-0.4, -0.2) is 24.0 Å². The Hall–Kier alpha value is -2.01. The molecule has 0 N–H and O–H groups in total. The highest BCUT2D eigenvalue weighted by Crippen LogP contribution is 2.47. The summed E-state index contributed by atoms with van der Waals surface area (Å²) < 4.78 is 127. The highest BCUT2D eigenvalue weighted by atomic mass is 19.4. The SMILES string of the molecule is O=C(OCc1cccc(C(F)(F)F)c1)C(F)(F)C(F)(F)C(F)(F)F. The van der Waals surface area contributed by atoms with Gasteiger partial charge >= 0.3 is 30.2 Å². The number of carbonyl (C=O) groups is 1. The van der Waals surface area contributed by atoms with Gasteiger partial charge in [0.15, 0.2) is 0 Å². The van der Waals surface area contributed by atoms with Gasteiger partial charge in [0.05, 0.1) is 5.56 Å². The largest absolute Gasteiger partial charge is 0.460 e. The first kappa shape index (κ1) is 20.0. The lowest BCUT2D eigenvalue weighted by atomic mass is 10.1. The first-order valence-electron chi connectivity index (χ1n) is 5.76. The van der Waals surface area contributed by atoms with Crippen molar-refractivity contribution in [2.75, 3.05) is 0 Å². The number of esters is 1. The van der Waals surface area contributed by atoms with E-state index >= 15 is 0 Å². The summed E-state index contributed by atoms with van der Waals surface area (Å²) in [5.74, 6) is -16.2. The van der Waals surface area contributed by atoms with Gasteiger partial charge in [-0.3, -0.25) is 0 Å². The zero-order chi connectivity index (χ0) is 19.0. The summed E-state index contributed by atoms with van der Waals surface area (Å²) in [5.41, 5.74) is -1.80.